The van der Waals surface area contributed by atoms with Crippen LogP contribution in [0.25, 0.3) is 0 Å². The van der Waals surface area contributed by atoms with Gasteiger partial charge in [-0.1, -0.05) is 52.3 Å². The molecule has 0 heterocycles. The van der Waals surface area contributed by atoms with Crippen LogP contribution in [0, 0.1) is 0 Å². The summed E-state index contributed by atoms with van der Waals surface area (Å²) in [6.07, 6.45) is 9.83. The fourth-order valence-electron chi connectivity index (χ4n) is 2.31. The molecule has 0 amide bonds. The number of ether oxygens (including phenoxy) is 2. The highest BCUT2D eigenvalue weighted by Gasteiger charge is 2.10. The molecule has 2 aromatic carbocycles. The third kappa shape index (κ3) is 7.28. The van der Waals surface area contributed by atoms with E-state index in [-0.39, 0.29) is 5.78 Å². The van der Waals surface area contributed by atoms with E-state index in [1.54, 1.807) is 85.0 Å². The number of allylic oxidation sites excluding steroid dienone is 6. The molecule has 0 atom stereocenters. The minimum absolute atomic E-state index is 0.0887. The topological polar surface area (TPSA) is 35.5 Å². The Morgan fingerprint density at radius 1 is 0.667 bits per heavy atom. The lowest BCUT2D eigenvalue weighted by molar-refractivity contribution is 0.103. The van der Waals surface area contributed by atoms with Crippen LogP contribution in [-0.4, -0.2) is 5.78 Å². The summed E-state index contributed by atoms with van der Waals surface area (Å²) in [6, 6.07) is 13.8. The average Bonchev–Trinajstić information content (AvgIpc) is 2.80. The average molecular weight is 401 g/mol. The Morgan fingerprint density at radius 2 is 1.00 bits per heavy atom. The van der Waals surface area contributed by atoms with E-state index in [0.29, 0.717) is 34.1 Å². The summed E-state index contributed by atoms with van der Waals surface area (Å²) in [6.45, 7) is 18.6. The van der Waals surface area contributed by atoms with Gasteiger partial charge in [0.15, 0.2) is 5.78 Å². The van der Waals surface area contributed by atoms with Crippen LogP contribution in [0.1, 0.15) is 29.8 Å². The number of hydrogen-bond acceptors (Lipinski definition) is 3. The van der Waals surface area contributed by atoms with E-state index >= 15 is 0 Å². The first-order valence-electron chi connectivity index (χ1n) is 9.62. The van der Waals surface area contributed by atoms with Gasteiger partial charge < -0.3 is 9.47 Å². The van der Waals surface area contributed by atoms with E-state index in [1.165, 1.54) is 0 Å². The van der Waals surface area contributed by atoms with E-state index in [0.717, 1.165) is 0 Å². The molecule has 0 aromatic heterocycles. The molecule has 0 spiro atoms. The second-order valence-electron chi connectivity index (χ2n) is 5.60. The van der Waals surface area contributed by atoms with E-state index in [4.69, 9.17) is 9.47 Å². The van der Waals surface area contributed by atoms with Crippen molar-refractivity contribution in [2.24, 2.45) is 0 Å². The molecule has 0 aliphatic heterocycles. The van der Waals surface area contributed by atoms with Crippen LogP contribution in [-0.2, 0) is 0 Å². The van der Waals surface area contributed by atoms with Crippen molar-refractivity contribution in [1.82, 2.24) is 0 Å². The van der Waals surface area contributed by atoms with Gasteiger partial charge in [-0.15, -0.1) is 0 Å². The molecule has 0 aliphatic carbocycles. The second-order valence-corrected chi connectivity index (χ2v) is 5.60. The van der Waals surface area contributed by atoms with Crippen molar-refractivity contribution >= 4 is 5.78 Å². The predicted octanol–water partition coefficient (Wildman–Crippen LogP) is 7.21. The van der Waals surface area contributed by atoms with Crippen molar-refractivity contribution in [2.75, 3.05) is 0 Å². The van der Waals surface area contributed by atoms with Crippen LogP contribution in [0.4, 0.5) is 0 Å². The third-order valence-corrected chi connectivity index (χ3v) is 3.67. The van der Waals surface area contributed by atoms with Crippen LogP contribution in [0.2, 0.25) is 0 Å². The quantitative estimate of drug-likeness (QED) is 0.240. The van der Waals surface area contributed by atoms with Gasteiger partial charge in [-0.3, -0.25) is 4.79 Å². The first-order chi connectivity index (χ1) is 14.6. The van der Waals surface area contributed by atoms with Crippen molar-refractivity contribution in [3.63, 3.8) is 0 Å². The fraction of sp³-hybridized carbons (Fsp3) is 0.0741. The molecule has 0 saturated carbocycles. The molecule has 0 aliphatic rings. The van der Waals surface area contributed by atoms with Gasteiger partial charge in [-0.25, -0.2) is 0 Å². The smallest absolute Gasteiger partial charge is 0.193 e. The number of carbonyl (C=O) groups is 1. The maximum Gasteiger partial charge on any atom is 0.193 e. The van der Waals surface area contributed by atoms with Crippen molar-refractivity contribution in [2.45, 2.75) is 13.8 Å². The third-order valence-electron chi connectivity index (χ3n) is 3.67. The van der Waals surface area contributed by atoms with Gasteiger partial charge >= 0.3 is 0 Å². The van der Waals surface area contributed by atoms with Gasteiger partial charge in [-0.2, -0.15) is 0 Å². The van der Waals surface area contributed by atoms with Crippen LogP contribution < -0.4 is 9.47 Å². The standard InChI is InChI=1S/C25H22O3.C2H6/c1-5-9-21(7-3)27-23-15-11-19(12-16-23)25(26)20-13-17-24(18-14-20)28-22(8-4)10-6-2;1-2/h5-18H,1-4H2;1-2H3/b21-9+,22-10+;. The molecule has 2 aromatic rings. The van der Waals surface area contributed by atoms with Gasteiger partial charge in [0.05, 0.1) is 0 Å². The van der Waals surface area contributed by atoms with Crippen LogP contribution in [0.5, 0.6) is 11.5 Å². The number of hydrogen-bond donors (Lipinski definition) is 0. The summed E-state index contributed by atoms with van der Waals surface area (Å²) in [5, 5.41) is 0. The summed E-state index contributed by atoms with van der Waals surface area (Å²) in [5.74, 6) is 2.29. The monoisotopic (exact) mass is 400 g/mol. The van der Waals surface area contributed by atoms with Crippen LogP contribution >= 0.6 is 0 Å². The lowest BCUT2D eigenvalue weighted by Gasteiger charge is -2.08. The SMILES string of the molecule is C=C/C=C(\C=C)Oc1ccc(C(=O)c2ccc(O/C(C=C)=C/C=C)cc2)cc1.CC. The Balaban J connectivity index is 0.00000218. The minimum atomic E-state index is -0.0887. The highest BCUT2D eigenvalue weighted by molar-refractivity contribution is 6.09. The zero-order valence-electron chi connectivity index (χ0n) is 17.6. The van der Waals surface area contributed by atoms with E-state index in [9.17, 15) is 4.79 Å². The van der Waals surface area contributed by atoms with Gasteiger partial charge in [0, 0.05) is 11.1 Å². The Morgan fingerprint density at radius 3 is 1.27 bits per heavy atom. The number of carbonyl (C=O) groups excluding carboxylic acids is 1. The van der Waals surface area contributed by atoms with Gasteiger partial charge in [-0.05, 0) is 72.8 Å². The molecule has 2 rings (SSSR count). The Hall–Kier alpha value is -3.85. The molecule has 154 valence electrons. The first-order valence-corrected chi connectivity index (χ1v) is 9.62. The van der Waals surface area contributed by atoms with E-state index in [1.807, 2.05) is 13.8 Å². The zero-order chi connectivity index (χ0) is 22.4. The molecule has 30 heavy (non-hydrogen) atoms. The van der Waals surface area contributed by atoms with Crippen molar-refractivity contribution in [3.8, 4) is 11.5 Å². The highest BCUT2D eigenvalue weighted by Crippen LogP contribution is 2.20. The maximum absolute atomic E-state index is 12.7. The van der Waals surface area contributed by atoms with Gasteiger partial charge in [0.2, 0.25) is 0 Å². The van der Waals surface area contributed by atoms with E-state index in [2.05, 4.69) is 26.3 Å². The van der Waals surface area contributed by atoms with Crippen molar-refractivity contribution < 1.29 is 14.3 Å². The summed E-state index contributed by atoms with van der Waals surface area (Å²) in [7, 11) is 0. The maximum atomic E-state index is 12.7. The fourth-order valence-corrected chi connectivity index (χ4v) is 2.31. The predicted molar refractivity (Wildman–Crippen MR) is 126 cm³/mol. The summed E-state index contributed by atoms with van der Waals surface area (Å²) in [4.78, 5) is 12.7. The molecule has 0 radical (unpaired) electrons. The Labute approximate surface area is 179 Å². The molecule has 3 heteroatoms. The number of benzene rings is 2. The van der Waals surface area contributed by atoms with Crippen molar-refractivity contribution in [1.29, 1.82) is 0 Å². The van der Waals surface area contributed by atoms with E-state index < -0.39 is 0 Å². The molecule has 3 nitrogen and oxygen atoms in total. The summed E-state index contributed by atoms with van der Waals surface area (Å²) in [5.41, 5.74) is 1.12. The molecular weight excluding hydrogens is 372 g/mol. The Bertz CT molecular complexity index is 850. The highest BCUT2D eigenvalue weighted by atomic mass is 16.5. The Kier molecular flexibility index (Phi) is 10.8. The van der Waals surface area contributed by atoms with Gasteiger partial charge in [0.25, 0.3) is 0 Å². The second kappa shape index (κ2) is 13.3. The molecular formula is C27H28O3. The molecule has 0 unspecified atom stereocenters. The molecule has 0 N–H and O–H groups in total. The number of ketones is 1. The first kappa shape index (κ1) is 24.2. The lowest BCUT2D eigenvalue weighted by atomic mass is 10.0. The molecule has 0 bridgehead atoms. The lowest BCUT2D eigenvalue weighted by Crippen LogP contribution is -2.01. The number of rotatable bonds is 10. The summed E-state index contributed by atoms with van der Waals surface area (Å²) >= 11 is 0. The summed E-state index contributed by atoms with van der Waals surface area (Å²) < 4.78 is 11.3. The largest absolute Gasteiger partial charge is 0.457 e. The van der Waals surface area contributed by atoms with Crippen molar-refractivity contribution in [3.05, 3.63) is 134 Å². The van der Waals surface area contributed by atoms with Gasteiger partial charge in [0.1, 0.15) is 23.0 Å². The molecule has 0 saturated heterocycles. The minimum Gasteiger partial charge on any atom is -0.457 e. The van der Waals surface area contributed by atoms with Crippen LogP contribution in [0.3, 0.4) is 0 Å². The molecule has 0 fully saturated rings. The normalized spacial score (nSPS) is 10.7. The van der Waals surface area contributed by atoms with Crippen LogP contribution in [0.15, 0.2) is 123 Å². The zero-order valence-corrected chi connectivity index (χ0v) is 17.6.